The van der Waals surface area contributed by atoms with E-state index in [-0.39, 0.29) is 5.56 Å². The van der Waals surface area contributed by atoms with Gasteiger partial charge in [0.05, 0.1) is 16.4 Å². The first-order chi connectivity index (χ1) is 26.5. The van der Waals surface area contributed by atoms with E-state index < -0.39 is 0 Å². The average molecular weight is 703 g/mol. The Labute approximate surface area is 309 Å². The summed E-state index contributed by atoms with van der Waals surface area (Å²) in [5.74, 6) is 4.64. The first-order valence-electron chi connectivity index (χ1n) is 19.0. The van der Waals surface area contributed by atoms with Crippen molar-refractivity contribution in [2.24, 2.45) is 17.8 Å². The Morgan fingerprint density at radius 2 is 1.20 bits per heavy atom. The molecule has 0 spiro atoms. The second-order valence-electron chi connectivity index (χ2n) is 16.0. The first-order valence-corrected chi connectivity index (χ1v) is 19.0. The molecule has 4 aliphatic rings. The van der Waals surface area contributed by atoms with Crippen LogP contribution in [-0.2, 0) is 5.41 Å². The Morgan fingerprint density at radius 3 is 1.96 bits per heavy atom. The predicted octanol–water partition coefficient (Wildman–Crippen LogP) is 9.95. The molecule has 4 saturated carbocycles. The summed E-state index contributed by atoms with van der Waals surface area (Å²) in [6.45, 7) is 0. The largest absolute Gasteiger partial charge is 0.456 e. The lowest BCUT2D eigenvalue weighted by Crippen LogP contribution is -2.48. The monoisotopic (exact) mass is 702 g/mol. The standard InChI is InChI=1S/C46H34N6O2/c53-44-36-16-12-30(20-37(36)48-45-47-25-32-5-1-3-7-38(32)52(44)45)42-49-41(29-9-13-33(14-10-29)46-22-26-17-27(23-46)19-28(18-26)24-46)50-43(51-42)31-11-15-35-34-6-2-4-8-39(34)54-40(35)21-31/h1-16,20-21,25-28H,17-19,22-24H2. The molecule has 0 amide bonds. The SMILES string of the molecule is O=c1c2ccc(-c3nc(-c4ccc(C56CC7CC(CC(C7)C5)C6)cc4)nc(-c4ccc5c(c4)oc4ccccc45)n3)cc2nc2ncc3ccccc3n12. The van der Waals surface area contributed by atoms with E-state index in [0.717, 1.165) is 67.3 Å². The van der Waals surface area contributed by atoms with Crippen LogP contribution in [-0.4, -0.2) is 29.3 Å². The Kier molecular flexibility index (Phi) is 6.22. The molecule has 4 fully saturated rings. The third kappa shape index (κ3) is 4.55. The van der Waals surface area contributed by atoms with Crippen molar-refractivity contribution in [3.05, 3.63) is 131 Å². The van der Waals surface area contributed by atoms with E-state index >= 15 is 0 Å². The molecule has 4 heterocycles. The van der Waals surface area contributed by atoms with Crippen molar-refractivity contribution in [1.29, 1.82) is 0 Å². The molecular weight excluding hydrogens is 669 g/mol. The number of hydrogen-bond acceptors (Lipinski definition) is 7. The number of furan rings is 1. The molecule has 4 bridgehead atoms. The van der Waals surface area contributed by atoms with Crippen LogP contribution in [0, 0.1) is 17.8 Å². The van der Waals surface area contributed by atoms with Gasteiger partial charge in [0.2, 0.25) is 5.78 Å². The van der Waals surface area contributed by atoms with E-state index in [4.69, 9.17) is 24.4 Å². The number of aromatic nitrogens is 6. The van der Waals surface area contributed by atoms with Crippen LogP contribution in [0.2, 0.25) is 0 Å². The van der Waals surface area contributed by atoms with E-state index in [1.54, 1.807) is 10.6 Å². The van der Waals surface area contributed by atoms with E-state index in [1.807, 2.05) is 72.8 Å². The van der Waals surface area contributed by atoms with Crippen molar-refractivity contribution in [3.63, 3.8) is 0 Å². The molecule has 0 saturated heterocycles. The first kappa shape index (κ1) is 30.2. The van der Waals surface area contributed by atoms with Crippen LogP contribution in [0.25, 0.3) is 83.7 Å². The highest BCUT2D eigenvalue weighted by Gasteiger charge is 2.51. The summed E-state index contributed by atoms with van der Waals surface area (Å²) < 4.78 is 7.84. The Balaban J connectivity index is 1.00. The summed E-state index contributed by atoms with van der Waals surface area (Å²) in [6.07, 6.45) is 10.0. The molecule has 5 aromatic carbocycles. The predicted molar refractivity (Wildman–Crippen MR) is 211 cm³/mol. The minimum Gasteiger partial charge on any atom is -0.456 e. The Morgan fingerprint density at radius 1 is 0.593 bits per heavy atom. The minimum absolute atomic E-state index is 0.166. The van der Waals surface area contributed by atoms with Gasteiger partial charge in [-0.3, -0.25) is 4.79 Å². The van der Waals surface area contributed by atoms with Crippen LogP contribution in [0.15, 0.2) is 125 Å². The topological polar surface area (TPSA) is 99.1 Å². The lowest BCUT2D eigenvalue weighted by molar-refractivity contribution is -0.00518. The van der Waals surface area contributed by atoms with Crippen LogP contribution >= 0.6 is 0 Å². The van der Waals surface area contributed by atoms with Crippen LogP contribution < -0.4 is 5.56 Å². The summed E-state index contributed by atoms with van der Waals surface area (Å²) in [6, 6.07) is 36.6. The maximum absolute atomic E-state index is 13.9. The summed E-state index contributed by atoms with van der Waals surface area (Å²) in [4.78, 5) is 38.5. The van der Waals surface area contributed by atoms with E-state index in [1.165, 1.54) is 44.1 Å². The Bertz CT molecular complexity index is 3040. The van der Waals surface area contributed by atoms with Gasteiger partial charge >= 0.3 is 0 Å². The number of rotatable bonds is 4. The van der Waals surface area contributed by atoms with Gasteiger partial charge in [-0.05, 0) is 104 Å². The van der Waals surface area contributed by atoms with E-state index in [2.05, 4.69) is 41.4 Å². The maximum atomic E-state index is 13.9. The van der Waals surface area contributed by atoms with Crippen molar-refractivity contribution in [2.45, 2.75) is 43.9 Å². The molecule has 0 unspecified atom stereocenters. The summed E-state index contributed by atoms with van der Waals surface area (Å²) in [5.41, 5.74) is 7.05. The molecule has 0 atom stereocenters. The summed E-state index contributed by atoms with van der Waals surface area (Å²) in [5, 5.41) is 3.50. The number of hydrogen-bond donors (Lipinski definition) is 0. The number of benzene rings is 5. The molecule has 9 aromatic rings. The van der Waals surface area contributed by atoms with Crippen molar-refractivity contribution in [3.8, 4) is 34.2 Å². The van der Waals surface area contributed by atoms with Crippen LogP contribution in [0.3, 0.4) is 0 Å². The molecular formula is C46H34N6O2. The highest BCUT2D eigenvalue weighted by atomic mass is 16.3. The van der Waals surface area contributed by atoms with Gasteiger partial charge in [0.1, 0.15) is 11.2 Å². The van der Waals surface area contributed by atoms with Gasteiger partial charge < -0.3 is 4.42 Å². The molecule has 0 aliphatic heterocycles. The summed E-state index contributed by atoms with van der Waals surface area (Å²) in [7, 11) is 0. The van der Waals surface area contributed by atoms with Crippen LogP contribution in [0.4, 0.5) is 0 Å². The highest BCUT2D eigenvalue weighted by Crippen LogP contribution is 2.60. The highest BCUT2D eigenvalue weighted by molar-refractivity contribution is 6.05. The fourth-order valence-corrected chi connectivity index (χ4v) is 10.6. The minimum atomic E-state index is -0.166. The van der Waals surface area contributed by atoms with Gasteiger partial charge in [-0.25, -0.2) is 29.3 Å². The normalized spacial score (nSPS) is 22.0. The van der Waals surface area contributed by atoms with Gasteiger partial charge in [0.15, 0.2) is 17.5 Å². The molecule has 4 aromatic heterocycles. The zero-order chi connectivity index (χ0) is 35.5. The molecule has 8 heteroatoms. The third-order valence-electron chi connectivity index (χ3n) is 12.7. The van der Waals surface area contributed by atoms with Gasteiger partial charge in [-0.1, -0.05) is 72.8 Å². The van der Waals surface area contributed by atoms with Crippen LogP contribution in [0.5, 0.6) is 0 Å². The van der Waals surface area contributed by atoms with Crippen LogP contribution in [0.1, 0.15) is 44.1 Å². The Hall–Kier alpha value is -6.28. The lowest BCUT2D eigenvalue weighted by Gasteiger charge is -2.57. The van der Waals surface area contributed by atoms with E-state index in [0.29, 0.717) is 39.6 Å². The zero-order valence-corrected chi connectivity index (χ0v) is 29.4. The molecule has 13 rings (SSSR count). The van der Waals surface area contributed by atoms with Gasteiger partial charge in [0.25, 0.3) is 5.56 Å². The van der Waals surface area contributed by atoms with Gasteiger partial charge in [0, 0.05) is 39.0 Å². The lowest BCUT2D eigenvalue weighted by atomic mass is 9.48. The molecule has 0 N–H and O–H groups in total. The van der Waals surface area contributed by atoms with E-state index in [9.17, 15) is 4.79 Å². The second kappa shape index (κ2) is 11.1. The van der Waals surface area contributed by atoms with Crippen molar-refractivity contribution in [1.82, 2.24) is 29.3 Å². The fraction of sp³-hybridized carbons (Fsp3) is 0.217. The van der Waals surface area contributed by atoms with Crippen molar-refractivity contribution < 1.29 is 4.42 Å². The molecule has 0 radical (unpaired) electrons. The number of para-hydroxylation sites is 2. The third-order valence-corrected chi connectivity index (χ3v) is 12.7. The van der Waals surface area contributed by atoms with Crippen molar-refractivity contribution >= 4 is 49.5 Å². The maximum Gasteiger partial charge on any atom is 0.267 e. The molecule has 260 valence electrons. The van der Waals surface area contributed by atoms with Gasteiger partial charge in [-0.2, -0.15) is 0 Å². The number of nitrogens with zero attached hydrogens (tertiary/aromatic N) is 6. The summed E-state index contributed by atoms with van der Waals surface area (Å²) >= 11 is 0. The second-order valence-corrected chi connectivity index (χ2v) is 16.0. The molecule has 8 nitrogen and oxygen atoms in total. The average Bonchev–Trinajstić information content (AvgIpc) is 3.58. The molecule has 54 heavy (non-hydrogen) atoms. The number of fused-ring (bicyclic) bond motifs is 7. The van der Waals surface area contributed by atoms with Gasteiger partial charge in [-0.15, -0.1) is 0 Å². The van der Waals surface area contributed by atoms with Crippen molar-refractivity contribution in [2.75, 3.05) is 0 Å². The fourth-order valence-electron chi connectivity index (χ4n) is 10.6. The smallest absolute Gasteiger partial charge is 0.267 e. The molecule has 4 aliphatic carbocycles. The quantitative estimate of drug-likeness (QED) is 0.133. The zero-order valence-electron chi connectivity index (χ0n) is 29.4.